The van der Waals surface area contributed by atoms with E-state index in [2.05, 4.69) is 9.97 Å². The van der Waals surface area contributed by atoms with E-state index >= 15 is 0 Å². The Bertz CT molecular complexity index is 598. The summed E-state index contributed by atoms with van der Waals surface area (Å²) in [7, 11) is 0. The lowest BCUT2D eigenvalue weighted by atomic mass is 10.2. The molecule has 3 aromatic rings. The van der Waals surface area contributed by atoms with Gasteiger partial charge in [0, 0.05) is 22.5 Å². The van der Waals surface area contributed by atoms with E-state index in [0.29, 0.717) is 0 Å². The molecule has 2 heterocycles. The lowest BCUT2D eigenvalue weighted by Gasteiger charge is -1.88. The van der Waals surface area contributed by atoms with E-state index < -0.39 is 0 Å². The fraction of sp³-hybridized carbons (Fsp3) is 0. The standard InChI is InChI=1S/C11H7FN2S/c12-8-1-2-9-7(5-8)6-10(14-9)11-13-3-4-15-11/h1-6,14H. The van der Waals surface area contributed by atoms with Gasteiger partial charge in [0.05, 0.1) is 5.69 Å². The number of halogens is 1. The van der Waals surface area contributed by atoms with Crippen molar-refractivity contribution in [2.75, 3.05) is 0 Å². The molecule has 0 saturated carbocycles. The SMILES string of the molecule is Fc1ccc2[nH]c(-c3nccs3)cc2c1. The fourth-order valence-corrected chi connectivity index (χ4v) is 2.18. The molecule has 0 unspecified atom stereocenters. The number of benzene rings is 1. The molecule has 0 amide bonds. The van der Waals surface area contributed by atoms with Crippen LogP contribution in [0.5, 0.6) is 0 Å². The van der Waals surface area contributed by atoms with E-state index in [1.165, 1.54) is 12.1 Å². The Morgan fingerprint density at radius 3 is 3.00 bits per heavy atom. The highest BCUT2D eigenvalue weighted by molar-refractivity contribution is 7.13. The van der Waals surface area contributed by atoms with Crippen LogP contribution in [0.1, 0.15) is 0 Å². The Morgan fingerprint density at radius 2 is 2.20 bits per heavy atom. The number of H-pyrrole nitrogens is 1. The van der Waals surface area contributed by atoms with Crippen molar-refractivity contribution in [2.45, 2.75) is 0 Å². The molecule has 74 valence electrons. The Morgan fingerprint density at radius 1 is 1.27 bits per heavy atom. The maximum Gasteiger partial charge on any atom is 0.139 e. The predicted octanol–water partition coefficient (Wildman–Crippen LogP) is 3.43. The quantitative estimate of drug-likeness (QED) is 0.666. The van der Waals surface area contributed by atoms with Crippen molar-refractivity contribution >= 4 is 22.2 Å². The van der Waals surface area contributed by atoms with Gasteiger partial charge < -0.3 is 4.98 Å². The van der Waals surface area contributed by atoms with Crippen molar-refractivity contribution < 1.29 is 4.39 Å². The van der Waals surface area contributed by atoms with Gasteiger partial charge in [-0.3, -0.25) is 0 Å². The summed E-state index contributed by atoms with van der Waals surface area (Å²) in [4.78, 5) is 7.40. The van der Waals surface area contributed by atoms with Crippen molar-refractivity contribution in [3.63, 3.8) is 0 Å². The molecule has 2 aromatic heterocycles. The summed E-state index contributed by atoms with van der Waals surface area (Å²) >= 11 is 1.56. The Hall–Kier alpha value is -1.68. The second kappa shape index (κ2) is 3.17. The second-order valence-electron chi connectivity index (χ2n) is 3.25. The second-order valence-corrected chi connectivity index (χ2v) is 4.15. The number of aromatic amines is 1. The number of thiazole rings is 1. The van der Waals surface area contributed by atoms with Crippen LogP contribution >= 0.6 is 11.3 Å². The molecule has 0 bridgehead atoms. The number of hydrogen-bond acceptors (Lipinski definition) is 2. The van der Waals surface area contributed by atoms with Crippen molar-refractivity contribution in [3.8, 4) is 10.7 Å². The average Bonchev–Trinajstić information content (AvgIpc) is 2.84. The maximum absolute atomic E-state index is 13.0. The molecule has 0 saturated heterocycles. The zero-order valence-electron chi connectivity index (χ0n) is 7.70. The number of hydrogen-bond donors (Lipinski definition) is 1. The Kier molecular flexibility index (Phi) is 1.82. The monoisotopic (exact) mass is 218 g/mol. The van der Waals surface area contributed by atoms with E-state index in [1.807, 2.05) is 11.4 Å². The topological polar surface area (TPSA) is 28.7 Å². The van der Waals surface area contributed by atoms with Gasteiger partial charge in [-0.15, -0.1) is 11.3 Å². The minimum Gasteiger partial charge on any atom is -0.353 e. The Labute approximate surface area is 89.4 Å². The van der Waals surface area contributed by atoms with Gasteiger partial charge in [0.15, 0.2) is 0 Å². The number of fused-ring (bicyclic) bond motifs is 1. The normalized spacial score (nSPS) is 11.0. The Balaban J connectivity index is 2.22. The van der Waals surface area contributed by atoms with E-state index in [9.17, 15) is 4.39 Å². The lowest BCUT2D eigenvalue weighted by molar-refractivity contribution is 0.630. The molecular weight excluding hydrogens is 211 g/mol. The highest BCUT2D eigenvalue weighted by Crippen LogP contribution is 2.25. The van der Waals surface area contributed by atoms with E-state index in [0.717, 1.165) is 21.6 Å². The first-order valence-corrected chi connectivity index (χ1v) is 5.39. The summed E-state index contributed by atoms with van der Waals surface area (Å²) < 4.78 is 13.0. The van der Waals surface area contributed by atoms with Gasteiger partial charge in [-0.2, -0.15) is 0 Å². The maximum atomic E-state index is 13.0. The molecule has 0 spiro atoms. The summed E-state index contributed by atoms with van der Waals surface area (Å²) in [6.45, 7) is 0. The van der Waals surface area contributed by atoms with Crippen LogP contribution in [0.2, 0.25) is 0 Å². The van der Waals surface area contributed by atoms with Crippen LogP contribution in [-0.4, -0.2) is 9.97 Å². The van der Waals surface area contributed by atoms with Gasteiger partial charge in [-0.05, 0) is 24.3 Å². The fourth-order valence-electron chi connectivity index (χ4n) is 1.58. The zero-order chi connectivity index (χ0) is 10.3. The molecule has 0 fully saturated rings. The van der Waals surface area contributed by atoms with Crippen molar-refractivity contribution in [2.24, 2.45) is 0 Å². The molecule has 15 heavy (non-hydrogen) atoms. The largest absolute Gasteiger partial charge is 0.353 e. The van der Waals surface area contributed by atoms with Gasteiger partial charge in [0.1, 0.15) is 10.8 Å². The molecule has 1 N–H and O–H groups in total. The minimum atomic E-state index is -0.216. The third-order valence-corrected chi connectivity index (χ3v) is 3.05. The highest BCUT2D eigenvalue weighted by Gasteiger charge is 2.05. The van der Waals surface area contributed by atoms with Crippen molar-refractivity contribution in [3.05, 3.63) is 41.7 Å². The first-order chi connectivity index (χ1) is 7.33. The summed E-state index contributed by atoms with van der Waals surface area (Å²) in [6.07, 6.45) is 1.76. The molecular formula is C11H7FN2S. The minimum absolute atomic E-state index is 0.216. The number of nitrogens with zero attached hydrogens (tertiary/aromatic N) is 1. The first-order valence-electron chi connectivity index (χ1n) is 4.51. The summed E-state index contributed by atoms with van der Waals surface area (Å²) in [5.41, 5.74) is 1.87. The summed E-state index contributed by atoms with van der Waals surface area (Å²) in [5, 5.41) is 3.72. The van der Waals surface area contributed by atoms with Crippen LogP contribution in [0.4, 0.5) is 4.39 Å². The number of rotatable bonds is 1. The molecule has 0 atom stereocenters. The molecule has 3 rings (SSSR count). The predicted molar refractivity (Wildman–Crippen MR) is 59.4 cm³/mol. The molecule has 1 aromatic carbocycles. The molecule has 0 aliphatic heterocycles. The van der Waals surface area contributed by atoms with Gasteiger partial charge >= 0.3 is 0 Å². The van der Waals surface area contributed by atoms with Crippen LogP contribution in [0.25, 0.3) is 21.6 Å². The van der Waals surface area contributed by atoms with Crippen LogP contribution in [0.15, 0.2) is 35.8 Å². The molecule has 4 heteroatoms. The zero-order valence-corrected chi connectivity index (χ0v) is 8.51. The van der Waals surface area contributed by atoms with Gasteiger partial charge in [0.2, 0.25) is 0 Å². The van der Waals surface area contributed by atoms with Gasteiger partial charge in [-0.25, -0.2) is 9.37 Å². The summed E-state index contributed by atoms with van der Waals surface area (Å²) in [5.74, 6) is -0.216. The number of nitrogens with one attached hydrogen (secondary N) is 1. The van der Waals surface area contributed by atoms with Crippen LogP contribution < -0.4 is 0 Å². The molecule has 0 aliphatic carbocycles. The third-order valence-electron chi connectivity index (χ3n) is 2.25. The lowest BCUT2D eigenvalue weighted by Crippen LogP contribution is -1.73. The molecule has 0 radical (unpaired) electrons. The molecule has 2 nitrogen and oxygen atoms in total. The first kappa shape index (κ1) is 8.61. The average molecular weight is 218 g/mol. The van der Waals surface area contributed by atoms with Crippen LogP contribution in [-0.2, 0) is 0 Å². The van der Waals surface area contributed by atoms with Crippen molar-refractivity contribution in [1.29, 1.82) is 0 Å². The van der Waals surface area contributed by atoms with Crippen LogP contribution in [0.3, 0.4) is 0 Å². The summed E-state index contributed by atoms with van der Waals surface area (Å²) in [6, 6.07) is 6.62. The van der Waals surface area contributed by atoms with E-state index in [-0.39, 0.29) is 5.82 Å². The third kappa shape index (κ3) is 1.43. The van der Waals surface area contributed by atoms with Crippen LogP contribution in [0, 0.1) is 5.82 Å². The number of aromatic nitrogens is 2. The van der Waals surface area contributed by atoms with Gasteiger partial charge in [-0.1, -0.05) is 0 Å². The van der Waals surface area contributed by atoms with E-state index in [1.54, 1.807) is 23.6 Å². The van der Waals surface area contributed by atoms with Gasteiger partial charge in [0.25, 0.3) is 0 Å². The van der Waals surface area contributed by atoms with Crippen molar-refractivity contribution in [1.82, 2.24) is 9.97 Å². The smallest absolute Gasteiger partial charge is 0.139 e. The van der Waals surface area contributed by atoms with E-state index in [4.69, 9.17) is 0 Å². The molecule has 0 aliphatic rings. The highest BCUT2D eigenvalue weighted by atomic mass is 32.1.